The molecule has 0 spiro atoms. The van der Waals surface area contributed by atoms with Crippen molar-refractivity contribution in [3.05, 3.63) is 64.7 Å². The molecule has 2 amide bonds. The molecule has 1 saturated heterocycles. The second-order valence-corrected chi connectivity index (χ2v) is 11.1. The molecule has 41 heavy (non-hydrogen) atoms. The zero-order valence-corrected chi connectivity index (χ0v) is 24.3. The molecule has 1 atom stereocenters. The molecule has 0 saturated carbocycles. The summed E-state index contributed by atoms with van der Waals surface area (Å²) in [7, 11) is 3.95. The minimum absolute atomic E-state index is 0.166. The summed E-state index contributed by atoms with van der Waals surface area (Å²) in [5, 5.41) is 13.7. The van der Waals surface area contributed by atoms with Crippen molar-refractivity contribution in [1.29, 1.82) is 0 Å². The standard InChI is InChI=1S/C30H39ClF3N3O4/c1-36(2)17-8-16-35-27(38)25-13-12-24(21-26(25)31)41-20-7-6-9-22-14-18-37(19-15-22)28(39)29(40,30(32,33)34)23-10-4-3-5-11-23/h3-5,10-13,21-22,40H,6-9,14-20H2,1-2H3,(H,35,38)/t29-/m1/s1. The van der Waals surface area contributed by atoms with E-state index in [2.05, 4.69) is 5.32 Å². The zero-order chi connectivity index (χ0) is 30.0. The van der Waals surface area contributed by atoms with Gasteiger partial charge in [0.25, 0.3) is 17.4 Å². The average Bonchev–Trinajstić information content (AvgIpc) is 2.94. The van der Waals surface area contributed by atoms with Gasteiger partial charge in [-0.1, -0.05) is 48.4 Å². The van der Waals surface area contributed by atoms with Crippen molar-refractivity contribution in [3.8, 4) is 5.75 Å². The first-order valence-corrected chi connectivity index (χ1v) is 14.3. The molecule has 1 heterocycles. The predicted octanol–water partition coefficient (Wildman–Crippen LogP) is 5.26. The van der Waals surface area contributed by atoms with Crippen molar-refractivity contribution in [2.24, 2.45) is 5.92 Å². The van der Waals surface area contributed by atoms with Crippen LogP contribution in [0.1, 0.15) is 54.4 Å². The quantitative estimate of drug-likeness (QED) is 0.308. The third-order valence-corrected chi connectivity index (χ3v) is 7.65. The molecule has 11 heteroatoms. The third-order valence-electron chi connectivity index (χ3n) is 7.34. The van der Waals surface area contributed by atoms with E-state index in [1.807, 2.05) is 19.0 Å². The van der Waals surface area contributed by atoms with Gasteiger partial charge in [0.05, 0.1) is 17.2 Å². The van der Waals surface area contributed by atoms with Gasteiger partial charge in [-0.05, 0) is 76.9 Å². The number of rotatable bonds is 13. The Labute approximate surface area is 244 Å². The van der Waals surface area contributed by atoms with Gasteiger partial charge in [-0.25, -0.2) is 0 Å². The maximum atomic E-state index is 13.9. The largest absolute Gasteiger partial charge is 0.494 e. The highest BCUT2D eigenvalue weighted by Gasteiger charge is 2.62. The second kappa shape index (κ2) is 14.9. The fourth-order valence-corrected chi connectivity index (χ4v) is 5.18. The first-order valence-electron chi connectivity index (χ1n) is 13.9. The Kier molecular flexibility index (Phi) is 11.9. The minimum atomic E-state index is -5.13. The van der Waals surface area contributed by atoms with E-state index in [1.165, 1.54) is 18.2 Å². The summed E-state index contributed by atoms with van der Waals surface area (Å²) in [4.78, 5) is 28.4. The highest BCUT2D eigenvalue weighted by atomic mass is 35.5. The van der Waals surface area contributed by atoms with Crippen LogP contribution in [0.2, 0.25) is 5.02 Å². The number of carbonyl (C=O) groups excluding carboxylic acids is 2. The molecule has 1 aliphatic rings. The van der Waals surface area contributed by atoms with Gasteiger partial charge in [0.2, 0.25) is 0 Å². The van der Waals surface area contributed by atoms with Gasteiger partial charge >= 0.3 is 6.18 Å². The number of ether oxygens (including phenoxy) is 1. The van der Waals surface area contributed by atoms with Crippen LogP contribution in [0.15, 0.2) is 48.5 Å². The maximum absolute atomic E-state index is 13.9. The predicted molar refractivity (Wildman–Crippen MR) is 152 cm³/mol. The van der Waals surface area contributed by atoms with Gasteiger partial charge in [0.15, 0.2) is 0 Å². The smallest absolute Gasteiger partial charge is 0.430 e. The number of alkyl halides is 3. The van der Waals surface area contributed by atoms with E-state index in [0.29, 0.717) is 42.3 Å². The Morgan fingerprint density at radius 1 is 1.07 bits per heavy atom. The lowest BCUT2D eigenvalue weighted by atomic mass is 9.88. The van der Waals surface area contributed by atoms with Crippen LogP contribution < -0.4 is 10.1 Å². The van der Waals surface area contributed by atoms with Crippen molar-refractivity contribution in [2.75, 3.05) is 46.9 Å². The van der Waals surface area contributed by atoms with Crippen LogP contribution >= 0.6 is 11.6 Å². The lowest BCUT2D eigenvalue weighted by molar-refractivity contribution is -0.262. The summed E-state index contributed by atoms with van der Waals surface area (Å²) in [5.74, 6) is -0.702. The Hall–Kier alpha value is -2.82. The molecule has 0 radical (unpaired) electrons. The average molecular weight is 598 g/mol. The van der Waals surface area contributed by atoms with Crippen molar-refractivity contribution in [1.82, 2.24) is 15.1 Å². The van der Waals surface area contributed by atoms with Gasteiger partial charge in [0, 0.05) is 25.2 Å². The highest BCUT2D eigenvalue weighted by molar-refractivity contribution is 6.34. The Morgan fingerprint density at radius 2 is 1.76 bits per heavy atom. The summed E-state index contributed by atoms with van der Waals surface area (Å²) in [5.41, 5.74) is -3.64. The van der Waals surface area contributed by atoms with Crippen LogP contribution in [-0.4, -0.2) is 79.8 Å². The number of nitrogens with one attached hydrogen (secondary N) is 1. The fraction of sp³-hybridized carbons (Fsp3) is 0.533. The van der Waals surface area contributed by atoms with Gasteiger partial charge in [-0.2, -0.15) is 13.2 Å². The van der Waals surface area contributed by atoms with E-state index < -0.39 is 23.2 Å². The number of unbranched alkanes of at least 4 members (excludes halogenated alkanes) is 1. The Bertz CT molecular complexity index is 1140. The summed E-state index contributed by atoms with van der Waals surface area (Å²) >= 11 is 6.30. The van der Waals surface area contributed by atoms with E-state index in [0.717, 1.165) is 49.3 Å². The first-order chi connectivity index (χ1) is 19.4. The SMILES string of the molecule is CN(C)CCCNC(=O)c1ccc(OCCCCC2CCN(C(=O)[C@](O)(c3ccccc3)C(F)(F)F)CC2)cc1Cl. The molecule has 1 fully saturated rings. The number of amides is 2. The van der Waals surface area contributed by atoms with E-state index in [-0.39, 0.29) is 24.9 Å². The normalized spacial score (nSPS) is 16.0. The molecule has 2 aromatic rings. The molecule has 7 nitrogen and oxygen atoms in total. The van der Waals surface area contributed by atoms with Crippen LogP contribution in [0.4, 0.5) is 13.2 Å². The van der Waals surface area contributed by atoms with E-state index in [9.17, 15) is 27.9 Å². The van der Waals surface area contributed by atoms with Crippen LogP contribution in [0, 0.1) is 5.92 Å². The molecule has 2 aromatic carbocycles. The lowest BCUT2D eigenvalue weighted by Crippen LogP contribution is -2.57. The lowest BCUT2D eigenvalue weighted by Gasteiger charge is -2.38. The van der Waals surface area contributed by atoms with Crippen molar-refractivity contribution in [2.45, 2.75) is 50.3 Å². The van der Waals surface area contributed by atoms with Crippen LogP contribution in [-0.2, 0) is 10.4 Å². The number of nitrogens with zero attached hydrogens (tertiary/aromatic N) is 2. The van der Waals surface area contributed by atoms with Gasteiger partial charge in [-0.15, -0.1) is 0 Å². The summed E-state index contributed by atoms with van der Waals surface area (Å²) in [6.07, 6.45) is -0.660. The first kappa shape index (κ1) is 32.7. The second-order valence-electron chi connectivity index (χ2n) is 10.7. The maximum Gasteiger partial charge on any atom is 0.430 e. The van der Waals surface area contributed by atoms with Crippen molar-refractivity contribution < 1.29 is 32.6 Å². The highest BCUT2D eigenvalue weighted by Crippen LogP contribution is 2.41. The number of hydrogen-bond donors (Lipinski definition) is 2. The Morgan fingerprint density at radius 3 is 2.37 bits per heavy atom. The third kappa shape index (κ3) is 8.83. The molecule has 0 unspecified atom stereocenters. The number of hydrogen-bond acceptors (Lipinski definition) is 5. The van der Waals surface area contributed by atoms with Crippen molar-refractivity contribution in [3.63, 3.8) is 0 Å². The van der Waals surface area contributed by atoms with Crippen LogP contribution in [0.5, 0.6) is 5.75 Å². The summed E-state index contributed by atoms with van der Waals surface area (Å²) < 4.78 is 47.4. The van der Waals surface area contributed by atoms with Crippen molar-refractivity contribution >= 4 is 23.4 Å². The van der Waals surface area contributed by atoms with Crippen LogP contribution in [0.25, 0.3) is 0 Å². The Balaban J connectivity index is 1.39. The summed E-state index contributed by atoms with van der Waals surface area (Å²) in [6, 6.07) is 11.5. The van der Waals surface area contributed by atoms with Gasteiger partial charge in [0.1, 0.15) is 5.75 Å². The number of carbonyl (C=O) groups is 2. The molecular weight excluding hydrogens is 559 g/mol. The molecule has 3 rings (SSSR count). The van der Waals surface area contributed by atoms with Gasteiger partial charge in [-0.3, -0.25) is 9.59 Å². The molecule has 0 aliphatic carbocycles. The number of halogens is 4. The van der Waals surface area contributed by atoms with E-state index >= 15 is 0 Å². The molecule has 1 aliphatic heterocycles. The zero-order valence-electron chi connectivity index (χ0n) is 23.6. The molecule has 2 N–H and O–H groups in total. The summed E-state index contributed by atoms with van der Waals surface area (Å²) in [6.45, 7) is 2.23. The molecular formula is C30H39ClF3N3O4. The monoisotopic (exact) mass is 597 g/mol. The van der Waals surface area contributed by atoms with E-state index in [4.69, 9.17) is 16.3 Å². The number of likely N-dealkylation sites (tertiary alicyclic amines) is 1. The minimum Gasteiger partial charge on any atom is -0.494 e. The topological polar surface area (TPSA) is 82.1 Å². The molecule has 226 valence electrons. The number of aliphatic hydroxyl groups is 1. The van der Waals surface area contributed by atoms with Gasteiger partial charge < -0.3 is 25.0 Å². The number of benzene rings is 2. The molecule has 0 aromatic heterocycles. The molecule has 0 bridgehead atoms. The number of piperidine rings is 1. The van der Waals surface area contributed by atoms with E-state index in [1.54, 1.807) is 18.2 Å². The fourth-order valence-electron chi connectivity index (χ4n) is 4.93. The van der Waals surface area contributed by atoms with Crippen LogP contribution in [0.3, 0.4) is 0 Å².